The first-order chi connectivity index (χ1) is 14.0. The quantitative estimate of drug-likeness (QED) is 0.494. The number of ketones is 2. The second-order valence-electron chi connectivity index (χ2n) is 6.62. The average molecular weight is 395 g/mol. The summed E-state index contributed by atoms with van der Waals surface area (Å²) in [5.41, 5.74) is 0.354. The Morgan fingerprint density at radius 2 is 1.83 bits per heavy atom. The summed E-state index contributed by atoms with van der Waals surface area (Å²) in [6, 6.07) is 9.24. The van der Waals surface area contributed by atoms with Gasteiger partial charge in [-0.25, -0.2) is 8.78 Å². The molecule has 3 aromatic rings. The first kappa shape index (κ1) is 18.7. The predicted octanol–water partition coefficient (Wildman–Crippen LogP) is 5.05. The van der Waals surface area contributed by atoms with Crippen molar-refractivity contribution in [2.45, 2.75) is 19.3 Å². The van der Waals surface area contributed by atoms with Crippen molar-refractivity contribution in [1.82, 2.24) is 4.98 Å². The Morgan fingerprint density at radius 1 is 1.07 bits per heavy atom. The Hall–Kier alpha value is -3.61. The zero-order chi connectivity index (χ0) is 20.5. The summed E-state index contributed by atoms with van der Waals surface area (Å²) in [7, 11) is 0. The highest BCUT2D eigenvalue weighted by Crippen LogP contribution is 2.33. The summed E-state index contributed by atoms with van der Waals surface area (Å²) in [6.45, 7) is 0. The highest BCUT2D eigenvalue weighted by atomic mass is 19.1. The van der Waals surface area contributed by atoms with Crippen molar-refractivity contribution in [3.05, 3.63) is 77.2 Å². The topological polar surface area (TPSA) is 76.5 Å². The SMILES string of the molecule is O=C1CCCC(O)=C1C(=O)c1ccc2nccc(Oc3c(F)cccc3F)c2c1. The number of hydrogen-bond acceptors (Lipinski definition) is 5. The molecule has 1 heterocycles. The molecular formula is C22H15F2NO4. The van der Waals surface area contributed by atoms with Gasteiger partial charge in [0.1, 0.15) is 17.1 Å². The minimum Gasteiger partial charge on any atom is -0.511 e. The van der Waals surface area contributed by atoms with Crippen molar-refractivity contribution in [2.24, 2.45) is 0 Å². The number of halogens is 2. The van der Waals surface area contributed by atoms with E-state index in [1.807, 2.05) is 0 Å². The number of carbonyl (C=O) groups is 2. The van der Waals surface area contributed by atoms with Gasteiger partial charge in [0.2, 0.25) is 0 Å². The lowest BCUT2D eigenvalue weighted by Crippen LogP contribution is -2.19. The number of para-hydroxylation sites is 1. The van der Waals surface area contributed by atoms with Gasteiger partial charge in [-0.15, -0.1) is 0 Å². The standard InChI is InChI=1S/C22H15F2NO4/c23-14-3-1-4-15(24)22(14)29-19-9-10-25-16-8-7-12(11-13(16)19)21(28)20-17(26)5-2-6-18(20)27/h1,3-4,7-11,26H,2,5-6H2. The number of benzene rings is 2. The van der Waals surface area contributed by atoms with Crippen LogP contribution in [0.4, 0.5) is 8.78 Å². The maximum absolute atomic E-state index is 14.0. The van der Waals surface area contributed by atoms with E-state index >= 15 is 0 Å². The molecule has 0 aliphatic heterocycles. The van der Waals surface area contributed by atoms with Crippen molar-refractivity contribution < 1.29 is 28.2 Å². The van der Waals surface area contributed by atoms with E-state index in [9.17, 15) is 23.5 Å². The molecular weight excluding hydrogens is 380 g/mol. The summed E-state index contributed by atoms with van der Waals surface area (Å²) in [6.07, 6.45) is 2.37. The van der Waals surface area contributed by atoms with Crippen LogP contribution >= 0.6 is 0 Å². The number of Topliss-reactive ketones (excluding diaryl/α,β-unsaturated/α-hetero) is 2. The van der Waals surface area contributed by atoms with Crippen LogP contribution in [0.3, 0.4) is 0 Å². The molecule has 0 saturated carbocycles. The Bertz CT molecular complexity index is 1170. The molecule has 4 rings (SSSR count). The molecule has 1 N–H and O–H groups in total. The molecule has 0 fully saturated rings. The third-order valence-corrected chi connectivity index (χ3v) is 4.71. The number of pyridine rings is 1. The van der Waals surface area contributed by atoms with Crippen molar-refractivity contribution in [3.8, 4) is 11.5 Å². The van der Waals surface area contributed by atoms with Crippen molar-refractivity contribution in [3.63, 3.8) is 0 Å². The molecule has 0 unspecified atom stereocenters. The molecule has 0 radical (unpaired) electrons. The molecule has 1 aliphatic carbocycles. The molecule has 0 atom stereocenters. The molecule has 0 amide bonds. The van der Waals surface area contributed by atoms with Gasteiger partial charge in [0, 0.05) is 30.0 Å². The van der Waals surface area contributed by atoms with Gasteiger partial charge in [-0.1, -0.05) is 6.07 Å². The first-order valence-corrected chi connectivity index (χ1v) is 8.96. The summed E-state index contributed by atoms with van der Waals surface area (Å²) in [5, 5.41) is 10.3. The van der Waals surface area contributed by atoms with E-state index in [0.717, 1.165) is 12.1 Å². The van der Waals surface area contributed by atoms with Crippen LogP contribution in [0.5, 0.6) is 11.5 Å². The molecule has 1 aromatic heterocycles. The van der Waals surface area contributed by atoms with E-state index < -0.39 is 29.0 Å². The molecule has 0 saturated heterocycles. The van der Waals surface area contributed by atoms with E-state index in [2.05, 4.69) is 4.98 Å². The van der Waals surface area contributed by atoms with Crippen molar-refractivity contribution in [1.29, 1.82) is 0 Å². The number of aliphatic hydroxyl groups is 1. The summed E-state index contributed by atoms with van der Waals surface area (Å²) >= 11 is 0. The van der Waals surface area contributed by atoms with Crippen LogP contribution in [0.15, 0.2) is 60.0 Å². The zero-order valence-corrected chi connectivity index (χ0v) is 15.1. The highest BCUT2D eigenvalue weighted by molar-refractivity contribution is 6.27. The minimum atomic E-state index is -0.870. The van der Waals surface area contributed by atoms with Crippen LogP contribution in [0.2, 0.25) is 0 Å². The number of nitrogens with zero attached hydrogens (tertiary/aromatic N) is 1. The summed E-state index contributed by atoms with van der Waals surface area (Å²) < 4.78 is 33.4. The number of rotatable bonds is 4. The highest BCUT2D eigenvalue weighted by Gasteiger charge is 2.27. The van der Waals surface area contributed by atoms with Crippen LogP contribution in [-0.4, -0.2) is 21.7 Å². The monoisotopic (exact) mass is 395 g/mol. The number of aliphatic hydroxyl groups excluding tert-OH is 1. The number of hydrogen-bond donors (Lipinski definition) is 1. The maximum atomic E-state index is 14.0. The number of aromatic nitrogens is 1. The molecule has 7 heteroatoms. The fraction of sp³-hybridized carbons (Fsp3) is 0.136. The number of ether oxygens (including phenoxy) is 1. The third kappa shape index (κ3) is 3.47. The molecule has 0 bridgehead atoms. The average Bonchev–Trinajstić information content (AvgIpc) is 2.70. The fourth-order valence-electron chi connectivity index (χ4n) is 3.27. The molecule has 146 valence electrons. The van der Waals surface area contributed by atoms with Crippen LogP contribution in [0.1, 0.15) is 29.6 Å². The Kier molecular flexibility index (Phi) is 4.80. The maximum Gasteiger partial charge on any atom is 0.200 e. The Labute approximate surface area is 164 Å². The van der Waals surface area contributed by atoms with Gasteiger partial charge in [0.15, 0.2) is 29.0 Å². The number of carbonyl (C=O) groups excluding carboxylic acids is 2. The molecule has 5 nitrogen and oxygen atoms in total. The van der Waals surface area contributed by atoms with Crippen LogP contribution in [0.25, 0.3) is 10.9 Å². The number of allylic oxidation sites excluding steroid dienone is 2. The van der Waals surface area contributed by atoms with E-state index in [4.69, 9.17) is 4.74 Å². The molecule has 29 heavy (non-hydrogen) atoms. The van der Waals surface area contributed by atoms with Crippen LogP contribution in [0, 0.1) is 11.6 Å². The summed E-state index contributed by atoms with van der Waals surface area (Å²) in [5.74, 6) is -3.45. The zero-order valence-electron chi connectivity index (χ0n) is 15.1. The second-order valence-corrected chi connectivity index (χ2v) is 6.62. The van der Waals surface area contributed by atoms with Crippen LogP contribution < -0.4 is 4.74 Å². The minimum absolute atomic E-state index is 0.0989. The smallest absolute Gasteiger partial charge is 0.200 e. The van der Waals surface area contributed by atoms with Crippen molar-refractivity contribution >= 4 is 22.5 Å². The van der Waals surface area contributed by atoms with Gasteiger partial charge >= 0.3 is 0 Å². The second kappa shape index (κ2) is 7.43. The van der Waals surface area contributed by atoms with E-state index in [-0.39, 0.29) is 35.5 Å². The predicted molar refractivity (Wildman–Crippen MR) is 101 cm³/mol. The summed E-state index contributed by atoms with van der Waals surface area (Å²) in [4.78, 5) is 29.1. The van der Waals surface area contributed by atoms with Gasteiger partial charge < -0.3 is 9.84 Å². The van der Waals surface area contributed by atoms with E-state index in [1.54, 1.807) is 0 Å². The third-order valence-electron chi connectivity index (χ3n) is 4.71. The van der Waals surface area contributed by atoms with Gasteiger partial charge in [-0.2, -0.15) is 0 Å². The molecule has 0 spiro atoms. The normalized spacial score (nSPS) is 14.3. The van der Waals surface area contributed by atoms with E-state index in [1.165, 1.54) is 36.5 Å². The largest absolute Gasteiger partial charge is 0.511 e. The van der Waals surface area contributed by atoms with Gasteiger partial charge in [0.25, 0.3) is 0 Å². The van der Waals surface area contributed by atoms with Crippen molar-refractivity contribution in [2.75, 3.05) is 0 Å². The lowest BCUT2D eigenvalue weighted by Gasteiger charge is -2.15. The Balaban J connectivity index is 1.79. The molecule has 1 aliphatic rings. The van der Waals surface area contributed by atoms with Crippen LogP contribution in [-0.2, 0) is 4.79 Å². The Morgan fingerprint density at radius 3 is 2.55 bits per heavy atom. The van der Waals surface area contributed by atoms with Gasteiger partial charge in [-0.05, 0) is 42.8 Å². The van der Waals surface area contributed by atoms with Gasteiger partial charge in [-0.3, -0.25) is 14.6 Å². The lowest BCUT2D eigenvalue weighted by atomic mass is 9.90. The molecule has 2 aromatic carbocycles. The number of fused-ring (bicyclic) bond motifs is 1. The van der Waals surface area contributed by atoms with Gasteiger partial charge in [0.05, 0.1) is 5.52 Å². The lowest BCUT2D eigenvalue weighted by molar-refractivity contribution is -0.116. The fourth-order valence-corrected chi connectivity index (χ4v) is 3.27. The first-order valence-electron chi connectivity index (χ1n) is 8.96. The van der Waals surface area contributed by atoms with E-state index in [0.29, 0.717) is 17.3 Å².